The number of aromatic nitrogens is 2. The number of anilines is 1. The molecule has 4 aromatic rings. The quantitative estimate of drug-likeness (QED) is 0.417. The number of hydrogen-bond acceptors (Lipinski definition) is 5. The van der Waals surface area contributed by atoms with Crippen LogP contribution in [-0.4, -0.2) is 34.3 Å². The van der Waals surface area contributed by atoms with Crippen LogP contribution in [0.2, 0.25) is 0 Å². The summed E-state index contributed by atoms with van der Waals surface area (Å²) in [5.41, 5.74) is 5.94. The van der Waals surface area contributed by atoms with Crippen LogP contribution >= 0.6 is 0 Å². The number of rotatable bonds is 5. The number of piperidine rings is 1. The lowest BCUT2D eigenvalue weighted by atomic mass is 9.99. The smallest absolute Gasteiger partial charge is 0.226 e. The van der Waals surface area contributed by atoms with Gasteiger partial charge in [-0.25, -0.2) is 4.98 Å². The van der Waals surface area contributed by atoms with Crippen molar-refractivity contribution in [2.75, 3.05) is 18.4 Å². The van der Waals surface area contributed by atoms with Crippen LogP contribution in [0, 0.1) is 6.92 Å². The summed E-state index contributed by atoms with van der Waals surface area (Å²) < 4.78 is 14.6. The standard InChI is InChI=1S/C29H30N4O3/c1-20-31-25-7-2-3-8-26(25)33(20)16-11-28(34)32-24-6-4-5-21(18-24)22-9-10-27-23(17-22)19-35-29(36-27)12-14-30-15-13-29/h2-10,17-18,30H,11-16,19H2,1H3,(H,32,34). The van der Waals surface area contributed by atoms with E-state index in [0.29, 0.717) is 19.6 Å². The van der Waals surface area contributed by atoms with Crippen molar-refractivity contribution in [3.05, 3.63) is 78.1 Å². The average Bonchev–Trinajstić information content (AvgIpc) is 3.22. The van der Waals surface area contributed by atoms with Crippen molar-refractivity contribution in [3.8, 4) is 16.9 Å². The molecule has 1 aromatic heterocycles. The number of carbonyl (C=O) groups is 1. The van der Waals surface area contributed by atoms with E-state index in [-0.39, 0.29) is 5.91 Å². The van der Waals surface area contributed by atoms with Crippen molar-refractivity contribution in [3.63, 3.8) is 0 Å². The van der Waals surface area contributed by atoms with Gasteiger partial charge in [-0.15, -0.1) is 0 Å². The first kappa shape index (κ1) is 22.8. The van der Waals surface area contributed by atoms with Crippen molar-refractivity contribution < 1.29 is 14.3 Å². The van der Waals surface area contributed by atoms with Gasteiger partial charge in [-0.05, 0) is 54.4 Å². The molecule has 1 spiro atoms. The van der Waals surface area contributed by atoms with Crippen LogP contribution in [0.25, 0.3) is 22.2 Å². The Bertz CT molecular complexity index is 1420. The molecule has 0 aliphatic carbocycles. The number of benzene rings is 3. The van der Waals surface area contributed by atoms with Gasteiger partial charge >= 0.3 is 0 Å². The second-order valence-electron chi connectivity index (χ2n) is 9.55. The maximum Gasteiger partial charge on any atom is 0.226 e. The van der Waals surface area contributed by atoms with E-state index in [9.17, 15) is 4.79 Å². The van der Waals surface area contributed by atoms with Gasteiger partial charge in [0.25, 0.3) is 0 Å². The number of imidazole rings is 1. The highest BCUT2D eigenvalue weighted by molar-refractivity contribution is 5.91. The van der Waals surface area contributed by atoms with Gasteiger partial charge in [0, 0.05) is 50.1 Å². The van der Waals surface area contributed by atoms with E-state index in [0.717, 1.165) is 70.9 Å². The Morgan fingerprint density at radius 2 is 1.89 bits per heavy atom. The fourth-order valence-electron chi connectivity index (χ4n) is 5.16. The van der Waals surface area contributed by atoms with Crippen LogP contribution < -0.4 is 15.4 Å². The SMILES string of the molecule is Cc1nc2ccccc2n1CCC(=O)Nc1cccc(-c2ccc3c(c2)COC2(CCNCC2)O3)c1. The van der Waals surface area contributed by atoms with E-state index < -0.39 is 5.79 Å². The van der Waals surface area contributed by atoms with Crippen molar-refractivity contribution in [2.24, 2.45) is 0 Å². The normalized spacial score (nSPS) is 16.5. The monoisotopic (exact) mass is 482 g/mol. The van der Waals surface area contributed by atoms with E-state index in [1.54, 1.807) is 0 Å². The van der Waals surface area contributed by atoms with Crippen molar-refractivity contribution in [1.29, 1.82) is 0 Å². The molecule has 3 aromatic carbocycles. The highest BCUT2D eigenvalue weighted by Gasteiger charge is 2.38. The second-order valence-corrected chi connectivity index (χ2v) is 9.55. The predicted molar refractivity (Wildman–Crippen MR) is 140 cm³/mol. The van der Waals surface area contributed by atoms with Gasteiger partial charge in [0.05, 0.1) is 17.6 Å². The third kappa shape index (κ3) is 4.47. The topological polar surface area (TPSA) is 77.4 Å². The van der Waals surface area contributed by atoms with Crippen LogP contribution in [0.4, 0.5) is 5.69 Å². The second kappa shape index (κ2) is 9.41. The average molecular weight is 483 g/mol. The predicted octanol–water partition coefficient (Wildman–Crippen LogP) is 5.03. The van der Waals surface area contributed by atoms with E-state index in [1.807, 2.05) is 55.5 Å². The molecule has 6 rings (SSSR count). The van der Waals surface area contributed by atoms with Gasteiger partial charge in [-0.1, -0.05) is 30.3 Å². The maximum atomic E-state index is 12.8. The number of nitrogens with zero attached hydrogens (tertiary/aromatic N) is 2. The van der Waals surface area contributed by atoms with Crippen LogP contribution in [0.1, 0.15) is 30.7 Å². The van der Waals surface area contributed by atoms with Gasteiger partial charge < -0.3 is 24.7 Å². The third-order valence-electron chi connectivity index (χ3n) is 7.10. The van der Waals surface area contributed by atoms with Crippen LogP contribution in [0.3, 0.4) is 0 Å². The molecule has 0 atom stereocenters. The third-order valence-corrected chi connectivity index (χ3v) is 7.10. The lowest BCUT2D eigenvalue weighted by Crippen LogP contribution is -2.49. The van der Waals surface area contributed by atoms with Gasteiger partial charge in [0.2, 0.25) is 11.7 Å². The van der Waals surface area contributed by atoms with E-state index in [1.165, 1.54) is 0 Å². The Morgan fingerprint density at radius 3 is 2.78 bits per heavy atom. The van der Waals surface area contributed by atoms with Gasteiger partial charge in [0.15, 0.2) is 0 Å². The van der Waals surface area contributed by atoms with E-state index in [2.05, 4.69) is 38.4 Å². The fraction of sp³-hybridized carbons (Fsp3) is 0.310. The molecule has 2 aliphatic rings. The number of nitrogens with one attached hydrogen (secondary N) is 2. The molecule has 3 heterocycles. The summed E-state index contributed by atoms with van der Waals surface area (Å²) in [5, 5.41) is 6.42. The number of para-hydroxylation sites is 2. The summed E-state index contributed by atoms with van der Waals surface area (Å²) in [5.74, 6) is 1.30. The Hall–Kier alpha value is -3.68. The summed E-state index contributed by atoms with van der Waals surface area (Å²) in [4.78, 5) is 17.3. The molecule has 2 aliphatic heterocycles. The maximum absolute atomic E-state index is 12.8. The zero-order chi connectivity index (χ0) is 24.5. The molecule has 184 valence electrons. The van der Waals surface area contributed by atoms with Crippen molar-refractivity contribution in [1.82, 2.24) is 14.9 Å². The molecule has 0 radical (unpaired) electrons. The fourth-order valence-corrected chi connectivity index (χ4v) is 5.16. The molecule has 0 bridgehead atoms. The molecule has 1 saturated heterocycles. The molecule has 7 heteroatoms. The number of hydrogen-bond donors (Lipinski definition) is 2. The molecule has 36 heavy (non-hydrogen) atoms. The highest BCUT2D eigenvalue weighted by atomic mass is 16.7. The van der Waals surface area contributed by atoms with E-state index in [4.69, 9.17) is 9.47 Å². The largest absolute Gasteiger partial charge is 0.462 e. The van der Waals surface area contributed by atoms with Crippen LogP contribution in [0.5, 0.6) is 5.75 Å². The minimum Gasteiger partial charge on any atom is -0.462 e. The van der Waals surface area contributed by atoms with E-state index >= 15 is 0 Å². The molecular formula is C29H30N4O3. The molecule has 1 amide bonds. The van der Waals surface area contributed by atoms with Crippen LogP contribution in [-0.2, 0) is 22.7 Å². The molecule has 1 fully saturated rings. The number of aryl methyl sites for hydroxylation is 2. The lowest BCUT2D eigenvalue weighted by molar-refractivity contribution is -0.218. The van der Waals surface area contributed by atoms with Crippen LogP contribution in [0.15, 0.2) is 66.7 Å². The number of amides is 1. The van der Waals surface area contributed by atoms with Gasteiger partial charge in [-0.2, -0.15) is 0 Å². The summed E-state index contributed by atoms with van der Waals surface area (Å²) in [7, 11) is 0. The Morgan fingerprint density at radius 1 is 1.06 bits per heavy atom. The zero-order valence-electron chi connectivity index (χ0n) is 20.4. The van der Waals surface area contributed by atoms with Crippen molar-refractivity contribution in [2.45, 2.75) is 45.1 Å². The minimum atomic E-state index is -0.495. The highest BCUT2D eigenvalue weighted by Crippen LogP contribution is 2.38. The molecular weight excluding hydrogens is 452 g/mol. The first-order valence-corrected chi connectivity index (χ1v) is 12.6. The molecule has 2 N–H and O–H groups in total. The first-order chi connectivity index (χ1) is 17.6. The summed E-state index contributed by atoms with van der Waals surface area (Å²) in [6.45, 7) is 4.92. The molecule has 0 unspecified atom stereocenters. The molecule has 0 saturated carbocycles. The number of ether oxygens (including phenoxy) is 2. The van der Waals surface area contributed by atoms with Gasteiger partial charge in [0.1, 0.15) is 11.6 Å². The molecule has 7 nitrogen and oxygen atoms in total. The zero-order valence-corrected chi connectivity index (χ0v) is 20.4. The Labute approximate surface area is 210 Å². The Balaban J connectivity index is 1.13. The lowest BCUT2D eigenvalue weighted by Gasteiger charge is -2.41. The Kier molecular flexibility index (Phi) is 5.95. The summed E-state index contributed by atoms with van der Waals surface area (Å²) in [6.07, 6.45) is 2.08. The number of fused-ring (bicyclic) bond motifs is 2. The first-order valence-electron chi connectivity index (χ1n) is 12.6. The minimum absolute atomic E-state index is 0.0242. The van der Waals surface area contributed by atoms with Gasteiger partial charge in [-0.3, -0.25) is 4.79 Å². The summed E-state index contributed by atoms with van der Waals surface area (Å²) in [6, 6.07) is 22.2. The number of carbonyl (C=O) groups excluding carboxylic acids is 1. The summed E-state index contributed by atoms with van der Waals surface area (Å²) >= 11 is 0. The van der Waals surface area contributed by atoms with Crippen molar-refractivity contribution >= 4 is 22.6 Å².